The molecule has 3 saturated carbocycles. The Morgan fingerprint density at radius 2 is 1.65 bits per heavy atom. The highest BCUT2D eigenvalue weighted by Gasteiger charge is 2.78. The second-order valence-corrected chi connectivity index (χ2v) is 19.9. The molecule has 0 spiro atoms. The van der Waals surface area contributed by atoms with Crippen LogP contribution in [0.15, 0.2) is 30.3 Å². The molecule has 4 aliphatic heterocycles. The standard InChI is InChI=1S/C45H59N3O15/c1-23(50)32(38(53)46-28(21-49)16-18-31(52)60-42(2,3)4)47-41(56)44-19-29-33-34(62-45(61-33,26-12-13-26)27-14-15-27)36(44)63-48(35(44)39(54)58-29)20-25-9-7-24(8-10-25)11-17-30(51)59-37-40(55)57-22-43(37,5)6/h7-11,17,23,26-29,32-37,49-50H,12-16,18-22H2,1-6H3,(H,46,53)(H,47,56)/t23-,28-,29+,32+,33-,34-,35-,36+,37-,44-/m0/s1. The van der Waals surface area contributed by atoms with E-state index >= 15 is 4.79 Å². The summed E-state index contributed by atoms with van der Waals surface area (Å²) in [4.78, 5) is 86.9. The fourth-order valence-corrected chi connectivity index (χ4v) is 9.70. The van der Waals surface area contributed by atoms with Crippen molar-refractivity contribution in [3.05, 3.63) is 41.5 Å². The molecule has 4 N–H and O–H groups in total. The van der Waals surface area contributed by atoms with Gasteiger partial charge in [-0.25, -0.2) is 9.59 Å². The van der Waals surface area contributed by atoms with Crippen LogP contribution in [-0.4, -0.2) is 130 Å². The predicted octanol–water partition coefficient (Wildman–Crippen LogP) is 1.76. The maximum absolute atomic E-state index is 15.0. The van der Waals surface area contributed by atoms with Gasteiger partial charge in [0, 0.05) is 36.2 Å². The molecule has 63 heavy (non-hydrogen) atoms. The van der Waals surface area contributed by atoms with Crippen molar-refractivity contribution in [3.8, 4) is 0 Å². The lowest BCUT2D eigenvalue weighted by atomic mass is 9.62. The quantitative estimate of drug-likeness (QED) is 0.105. The number of benzene rings is 1. The van der Waals surface area contributed by atoms with E-state index in [1.54, 1.807) is 65.0 Å². The van der Waals surface area contributed by atoms with E-state index < -0.39 is 119 Å². The van der Waals surface area contributed by atoms with Gasteiger partial charge in [-0.15, -0.1) is 0 Å². The van der Waals surface area contributed by atoms with Crippen molar-refractivity contribution < 1.29 is 72.2 Å². The lowest BCUT2D eigenvalue weighted by molar-refractivity contribution is -0.235. The number of ether oxygens (including phenoxy) is 6. The number of hydrogen-bond donors (Lipinski definition) is 4. The summed E-state index contributed by atoms with van der Waals surface area (Å²) in [5.74, 6) is -4.63. The van der Waals surface area contributed by atoms with Crippen LogP contribution >= 0.6 is 0 Å². The van der Waals surface area contributed by atoms with Crippen molar-refractivity contribution in [3.63, 3.8) is 0 Å². The minimum absolute atomic E-state index is 0.00869. The summed E-state index contributed by atoms with van der Waals surface area (Å²) in [5.41, 5.74) is -1.71. The molecule has 7 fully saturated rings. The molecule has 4 heterocycles. The van der Waals surface area contributed by atoms with Crippen LogP contribution < -0.4 is 10.6 Å². The van der Waals surface area contributed by atoms with E-state index in [9.17, 15) is 34.2 Å². The summed E-state index contributed by atoms with van der Waals surface area (Å²) in [7, 11) is 0. The second kappa shape index (κ2) is 16.8. The van der Waals surface area contributed by atoms with Gasteiger partial charge in [-0.1, -0.05) is 38.1 Å². The molecule has 2 amide bonds. The Morgan fingerprint density at radius 1 is 0.984 bits per heavy atom. The van der Waals surface area contributed by atoms with Crippen molar-refractivity contribution >= 4 is 41.8 Å². The number of rotatable bonds is 16. The Hall–Kier alpha value is -4.46. The number of aliphatic hydroxyl groups excluding tert-OH is 2. The van der Waals surface area contributed by atoms with Crippen LogP contribution in [-0.2, 0) is 68.6 Å². The summed E-state index contributed by atoms with van der Waals surface area (Å²) < 4.78 is 35.6. The van der Waals surface area contributed by atoms with Crippen LogP contribution in [0, 0.1) is 22.7 Å². The van der Waals surface area contributed by atoms with Crippen molar-refractivity contribution in [2.75, 3.05) is 13.2 Å². The molecule has 0 radical (unpaired) electrons. The van der Waals surface area contributed by atoms with E-state index in [4.69, 9.17) is 33.3 Å². The van der Waals surface area contributed by atoms with Crippen LogP contribution in [0.2, 0.25) is 0 Å². The van der Waals surface area contributed by atoms with Crippen molar-refractivity contribution in [1.82, 2.24) is 15.7 Å². The molecule has 18 heteroatoms. The van der Waals surface area contributed by atoms with Gasteiger partial charge in [0.1, 0.15) is 48.1 Å². The van der Waals surface area contributed by atoms with Crippen LogP contribution in [0.4, 0.5) is 0 Å². The lowest BCUT2D eigenvalue weighted by Gasteiger charge is -2.49. The highest BCUT2D eigenvalue weighted by atomic mass is 16.8. The number of carbonyl (C=O) groups is 6. The number of fused-ring (bicyclic) bond motifs is 4. The molecule has 0 unspecified atom stereocenters. The summed E-state index contributed by atoms with van der Waals surface area (Å²) in [6, 6.07) is 3.32. The molecule has 1 aromatic carbocycles. The van der Waals surface area contributed by atoms with Gasteiger partial charge in [0.25, 0.3) is 0 Å². The first-order chi connectivity index (χ1) is 29.7. The van der Waals surface area contributed by atoms with Gasteiger partial charge in [0.2, 0.25) is 17.9 Å². The lowest BCUT2D eigenvalue weighted by Crippen LogP contribution is -2.71. The first kappa shape index (κ1) is 45.1. The number of cyclic esters (lactones) is 1. The zero-order valence-corrected chi connectivity index (χ0v) is 36.5. The molecule has 4 saturated heterocycles. The molecule has 3 aliphatic carbocycles. The average Bonchev–Trinajstić information content (AvgIpc) is 4.16. The molecule has 1 aromatic rings. The third-order valence-corrected chi connectivity index (χ3v) is 13.1. The monoisotopic (exact) mass is 881 g/mol. The van der Waals surface area contributed by atoms with Gasteiger partial charge in [0.05, 0.1) is 25.3 Å². The Labute approximate surface area is 365 Å². The number of aliphatic hydroxyl groups is 2. The minimum Gasteiger partial charge on any atom is -0.462 e. The summed E-state index contributed by atoms with van der Waals surface area (Å²) in [5, 5.41) is 27.8. The highest BCUT2D eigenvalue weighted by molar-refractivity contribution is 5.96. The fraction of sp³-hybridized carbons (Fsp3) is 0.689. The van der Waals surface area contributed by atoms with E-state index in [-0.39, 0.29) is 44.2 Å². The normalized spacial score (nSPS) is 31.9. The molecule has 0 aromatic heterocycles. The summed E-state index contributed by atoms with van der Waals surface area (Å²) in [6.45, 7) is 9.72. The molecule has 2 bridgehead atoms. The number of nitrogens with zero attached hydrogens (tertiary/aromatic N) is 1. The van der Waals surface area contributed by atoms with Gasteiger partial charge < -0.3 is 49.3 Å². The van der Waals surface area contributed by atoms with Crippen LogP contribution in [0.25, 0.3) is 6.08 Å². The summed E-state index contributed by atoms with van der Waals surface area (Å²) >= 11 is 0. The number of hydroxylamine groups is 2. The van der Waals surface area contributed by atoms with Gasteiger partial charge in [0.15, 0.2) is 11.8 Å². The second-order valence-electron chi connectivity index (χ2n) is 19.9. The molecule has 10 atom stereocenters. The Bertz CT molecular complexity index is 1990. The number of nitrogens with one attached hydrogen (secondary N) is 2. The van der Waals surface area contributed by atoms with Gasteiger partial charge in [-0.05, 0) is 77.0 Å². The zero-order chi connectivity index (χ0) is 45.2. The first-order valence-corrected chi connectivity index (χ1v) is 22.0. The number of amides is 2. The average molecular weight is 882 g/mol. The van der Waals surface area contributed by atoms with Gasteiger partial charge >= 0.3 is 23.9 Å². The molecule has 344 valence electrons. The fourth-order valence-electron chi connectivity index (χ4n) is 9.70. The summed E-state index contributed by atoms with van der Waals surface area (Å²) in [6.07, 6.45) is 0.496. The van der Waals surface area contributed by atoms with E-state index in [2.05, 4.69) is 10.6 Å². The Kier molecular flexibility index (Phi) is 12.1. The number of esters is 4. The van der Waals surface area contributed by atoms with Gasteiger partial charge in [-0.2, -0.15) is 5.06 Å². The Morgan fingerprint density at radius 3 is 2.24 bits per heavy atom. The third-order valence-electron chi connectivity index (χ3n) is 13.1. The Balaban J connectivity index is 1.02. The van der Waals surface area contributed by atoms with E-state index in [1.165, 1.54) is 18.1 Å². The third kappa shape index (κ3) is 8.86. The van der Waals surface area contributed by atoms with Crippen molar-refractivity contribution in [2.45, 2.75) is 159 Å². The van der Waals surface area contributed by atoms with Crippen LogP contribution in [0.1, 0.15) is 97.6 Å². The van der Waals surface area contributed by atoms with Crippen LogP contribution in [0.3, 0.4) is 0 Å². The topological polar surface area (TPSA) is 235 Å². The maximum Gasteiger partial charge on any atom is 0.348 e. The molecule has 8 rings (SSSR count). The number of carbonyl (C=O) groups excluding carboxylic acids is 6. The predicted molar refractivity (Wildman–Crippen MR) is 217 cm³/mol. The molecular weight excluding hydrogens is 823 g/mol. The molecular formula is C45H59N3O15. The van der Waals surface area contributed by atoms with E-state index in [0.29, 0.717) is 11.1 Å². The highest BCUT2D eigenvalue weighted by Crippen LogP contribution is 2.64. The molecule has 7 aliphatic rings. The van der Waals surface area contributed by atoms with Gasteiger partial charge in [-0.3, -0.25) is 24.0 Å². The largest absolute Gasteiger partial charge is 0.462 e. The van der Waals surface area contributed by atoms with Crippen molar-refractivity contribution in [2.24, 2.45) is 22.7 Å². The van der Waals surface area contributed by atoms with Crippen LogP contribution in [0.5, 0.6) is 0 Å². The smallest absolute Gasteiger partial charge is 0.348 e. The number of hydrogen-bond acceptors (Lipinski definition) is 16. The SMILES string of the molecule is C[C@H](O)[C@@H](NC(=O)[C@@]12C[C@H]3OC(=O)[C@@H]1N(Cc1ccc(C=CC(=O)O[C@H]4C(=O)OCC4(C)C)cc1)O[C@@H]2[C@H]1OC(C2CC2)(C2CC2)O[C@H]13)C(=O)N[C@H](CO)CCC(=O)OC(C)(C)C. The van der Waals surface area contributed by atoms with E-state index in [0.717, 1.165) is 25.7 Å². The molecule has 18 nitrogen and oxygen atoms in total. The first-order valence-electron chi connectivity index (χ1n) is 22.0. The van der Waals surface area contributed by atoms with E-state index in [1.807, 2.05) is 0 Å². The minimum atomic E-state index is -1.66. The zero-order valence-electron chi connectivity index (χ0n) is 36.5. The maximum atomic E-state index is 15.0. The van der Waals surface area contributed by atoms with Crippen molar-refractivity contribution in [1.29, 1.82) is 0 Å².